The predicted octanol–water partition coefficient (Wildman–Crippen LogP) is 7.27. The van der Waals surface area contributed by atoms with Crippen molar-refractivity contribution in [3.8, 4) is 40.6 Å². The minimum atomic E-state index is -1.07. The molecule has 0 saturated heterocycles. The third-order valence-corrected chi connectivity index (χ3v) is 8.42. The fourth-order valence-corrected chi connectivity index (χ4v) is 5.95. The molecule has 10 heteroatoms. The van der Waals surface area contributed by atoms with Crippen LogP contribution in [0.3, 0.4) is 0 Å². The van der Waals surface area contributed by atoms with Crippen LogP contribution in [0.25, 0.3) is 0 Å². The van der Waals surface area contributed by atoms with Crippen LogP contribution in [-0.2, 0) is 18.3 Å². The molecule has 202 valence electrons. The summed E-state index contributed by atoms with van der Waals surface area (Å²) in [5, 5.41) is 10.9. The molecule has 7 nitrogen and oxygen atoms in total. The number of hydrogen-bond acceptors (Lipinski definition) is 7. The van der Waals surface area contributed by atoms with Crippen molar-refractivity contribution >= 4 is 47.8 Å². The summed E-state index contributed by atoms with van der Waals surface area (Å²) in [6.45, 7) is 0. The molecule has 0 aliphatic rings. The molecule has 0 atom stereocenters. The molecule has 0 aliphatic carbocycles. The van der Waals surface area contributed by atoms with Crippen LogP contribution < -0.4 is 28.4 Å². The zero-order chi connectivity index (χ0) is 28.0. The number of ether oxygens (including phenoxy) is 6. The first-order valence-corrected chi connectivity index (χ1v) is 13.7. The van der Waals surface area contributed by atoms with Crippen molar-refractivity contribution in [1.82, 2.24) is 0 Å². The van der Waals surface area contributed by atoms with Gasteiger partial charge >= 0.3 is 0 Å². The molecule has 0 fully saturated rings. The van der Waals surface area contributed by atoms with E-state index in [1.54, 1.807) is 42.7 Å². The highest BCUT2D eigenvalue weighted by atomic mass is 79.9. The van der Waals surface area contributed by atoms with Gasteiger partial charge in [-0.15, -0.1) is 0 Å². The number of benzene rings is 3. The van der Waals surface area contributed by atoms with Crippen molar-refractivity contribution in [1.29, 1.82) is 5.26 Å². The first kappa shape index (κ1) is 29.9. The normalized spacial score (nSPS) is 10.9. The topological polar surface area (TPSA) is 79.2 Å². The van der Waals surface area contributed by atoms with E-state index in [1.807, 2.05) is 36.4 Å². The Bertz CT molecular complexity index is 1290. The van der Waals surface area contributed by atoms with E-state index in [9.17, 15) is 5.26 Å². The van der Waals surface area contributed by atoms with Gasteiger partial charge in [-0.1, -0.05) is 47.8 Å². The molecule has 3 aromatic rings. The van der Waals surface area contributed by atoms with Gasteiger partial charge < -0.3 is 28.4 Å². The van der Waals surface area contributed by atoms with Crippen LogP contribution >= 0.6 is 47.8 Å². The van der Waals surface area contributed by atoms with Crippen molar-refractivity contribution in [2.45, 2.75) is 18.3 Å². The summed E-state index contributed by atoms with van der Waals surface area (Å²) in [5.74, 6) is 3.37. The zero-order valence-corrected chi connectivity index (χ0v) is 26.7. The summed E-state index contributed by atoms with van der Waals surface area (Å²) in [6, 6.07) is 13.7. The molecule has 0 heterocycles. The lowest BCUT2D eigenvalue weighted by Gasteiger charge is -2.31. The highest BCUT2D eigenvalue weighted by molar-refractivity contribution is 9.11. The van der Waals surface area contributed by atoms with E-state index in [2.05, 4.69) is 53.9 Å². The number of methoxy groups -OCH3 is 6. The molecule has 0 spiro atoms. The first-order chi connectivity index (χ1) is 18.2. The Morgan fingerprint density at radius 3 is 1.21 bits per heavy atom. The average Bonchev–Trinajstić information content (AvgIpc) is 2.93. The Balaban J connectivity index is 2.30. The molecule has 0 aromatic heterocycles. The van der Waals surface area contributed by atoms with Gasteiger partial charge in [-0.25, -0.2) is 0 Å². The molecule has 0 N–H and O–H groups in total. The molecule has 0 unspecified atom stereocenters. The molecule has 38 heavy (non-hydrogen) atoms. The summed E-state index contributed by atoms with van der Waals surface area (Å²) >= 11 is 11.0. The second-order valence-electron chi connectivity index (χ2n) is 8.33. The van der Waals surface area contributed by atoms with Crippen LogP contribution in [0.5, 0.6) is 34.5 Å². The second-order valence-corrected chi connectivity index (χ2v) is 10.9. The summed E-state index contributed by atoms with van der Waals surface area (Å²) in [5.41, 5.74) is 1.40. The Kier molecular flexibility index (Phi) is 10.2. The third-order valence-electron chi connectivity index (χ3n) is 6.29. The van der Waals surface area contributed by atoms with Crippen LogP contribution in [0.2, 0.25) is 0 Å². The van der Waals surface area contributed by atoms with E-state index < -0.39 is 5.41 Å². The molecule has 0 saturated carbocycles. The van der Waals surface area contributed by atoms with Crippen LogP contribution in [0, 0.1) is 11.3 Å². The first-order valence-electron chi connectivity index (χ1n) is 11.3. The predicted molar refractivity (Wildman–Crippen MR) is 156 cm³/mol. The Labute approximate surface area is 248 Å². The van der Waals surface area contributed by atoms with Crippen molar-refractivity contribution < 1.29 is 28.4 Å². The van der Waals surface area contributed by atoms with Gasteiger partial charge in [-0.05, 0) is 65.9 Å². The average molecular weight is 714 g/mol. The number of halogens is 3. The molecular formula is C28H28Br3NO6. The Morgan fingerprint density at radius 1 is 0.553 bits per heavy atom. The standard InChI is InChI=1S/C28H28Br3NO6/c1-33-22-7-16(19(29)10-25(22)36-4)13-28(15-32,18-9-24(35-3)27(38-6)12-21(18)31)14-17-8-23(34-2)26(37-5)11-20(17)30/h7-12H,13-14H2,1-6H3. The van der Waals surface area contributed by atoms with Crippen molar-refractivity contribution in [2.75, 3.05) is 42.7 Å². The van der Waals surface area contributed by atoms with E-state index in [-0.39, 0.29) is 0 Å². The smallest absolute Gasteiger partial charge is 0.161 e. The van der Waals surface area contributed by atoms with Crippen molar-refractivity contribution in [3.63, 3.8) is 0 Å². The summed E-state index contributed by atoms with van der Waals surface area (Å²) in [4.78, 5) is 0. The minimum Gasteiger partial charge on any atom is -0.493 e. The summed E-state index contributed by atoms with van der Waals surface area (Å²) in [6.07, 6.45) is 0.665. The Hall–Kier alpha value is -2.61. The van der Waals surface area contributed by atoms with Crippen LogP contribution in [-0.4, -0.2) is 42.7 Å². The van der Waals surface area contributed by atoms with E-state index in [1.165, 1.54) is 0 Å². The fraction of sp³-hybridized carbons (Fsp3) is 0.321. The maximum absolute atomic E-state index is 10.9. The SMILES string of the molecule is COc1cc(Br)c(CC(C#N)(Cc2cc(OC)c(OC)cc2Br)c2cc(OC)c(OC)cc2Br)cc1OC. The third kappa shape index (κ3) is 6.00. The maximum Gasteiger partial charge on any atom is 0.161 e. The van der Waals surface area contributed by atoms with Crippen LogP contribution in [0.15, 0.2) is 49.8 Å². The monoisotopic (exact) mass is 711 g/mol. The molecule has 3 rings (SSSR count). The lowest BCUT2D eigenvalue weighted by Crippen LogP contribution is -2.31. The van der Waals surface area contributed by atoms with Gasteiger partial charge in [0.25, 0.3) is 0 Å². The summed E-state index contributed by atoms with van der Waals surface area (Å²) < 4.78 is 35.4. The molecule has 0 amide bonds. The van der Waals surface area contributed by atoms with E-state index in [0.717, 1.165) is 25.6 Å². The number of hydrogen-bond donors (Lipinski definition) is 0. The Morgan fingerprint density at radius 2 is 0.868 bits per heavy atom. The van der Waals surface area contributed by atoms with Crippen LogP contribution in [0.1, 0.15) is 16.7 Å². The van der Waals surface area contributed by atoms with Crippen molar-refractivity contribution in [3.05, 3.63) is 66.5 Å². The van der Waals surface area contributed by atoms with Gasteiger partial charge in [0.1, 0.15) is 0 Å². The molecule has 0 aliphatic heterocycles. The molecule has 3 aromatic carbocycles. The van der Waals surface area contributed by atoms with Crippen LogP contribution in [0.4, 0.5) is 0 Å². The van der Waals surface area contributed by atoms with Crippen molar-refractivity contribution in [2.24, 2.45) is 0 Å². The van der Waals surface area contributed by atoms with Gasteiger partial charge in [0.05, 0.1) is 54.1 Å². The van der Waals surface area contributed by atoms with Gasteiger partial charge in [0.2, 0.25) is 0 Å². The summed E-state index contributed by atoms with van der Waals surface area (Å²) in [7, 11) is 9.47. The molecule has 0 bridgehead atoms. The number of nitrogens with zero attached hydrogens (tertiary/aromatic N) is 1. The van der Waals surface area contributed by atoms with Gasteiger partial charge in [0.15, 0.2) is 34.5 Å². The van der Waals surface area contributed by atoms with E-state index in [0.29, 0.717) is 51.8 Å². The van der Waals surface area contributed by atoms with E-state index in [4.69, 9.17) is 28.4 Å². The van der Waals surface area contributed by atoms with Gasteiger partial charge in [-0.3, -0.25) is 0 Å². The van der Waals surface area contributed by atoms with Gasteiger partial charge in [-0.2, -0.15) is 5.26 Å². The highest BCUT2D eigenvalue weighted by Gasteiger charge is 2.38. The maximum atomic E-state index is 10.9. The molecular weight excluding hydrogens is 686 g/mol. The molecule has 0 radical (unpaired) electrons. The fourth-order valence-electron chi connectivity index (χ4n) is 4.33. The lowest BCUT2D eigenvalue weighted by molar-refractivity contribution is 0.351. The van der Waals surface area contributed by atoms with Gasteiger partial charge in [0, 0.05) is 13.4 Å². The number of rotatable bonds is 11. The second kappa shape index (κ2) is 13.0. The lowest BCUT2D eigenvalue weighted by atomic mass is 9.72. The quantitative estimate of drug-likeness (QED) is 0.207. The number of nitriles is 1. The zero-order valence-electron chi connectivity index (χ0n) is 21.9. The minimum absolute atomic E-state index is 0.333. The highest BCUT2D eigenvalue weighted by Crippen LogP contribution is 2.46. The van der Waals surface area contributed by atoms with E-state index >= 15 is 0 Å². The largest absolute Gasteiger partial charge is 0.493 e.